The van der Waals surface area contributed by atoms with Crippen molar-refractivity contribution < 1.29 is 4.42 Å². The highest BCUT2D eigenvalue weighted by Crippen LogP contribution is 2.39. The lowest BCUT2D eigenvalue weighted by Crippen LogP contribution is -1.89. The smallest absolute Gasteiger partial charge is 0.143 e. The van der Waals surface area contributed by atoms with Crippen LogP contribution < -0.4 is 0 Å². The molecule has 8 aromatic rings. The van der Waals surface area contributed by atoms with Crippen LogP contribution in [-0.2, 0) is 0 Å². The maximum Gasteiger partial charge on any atom is 0.143 e. The summed E-state index contributed by atoms with van der Waals surface area (Å²) < 4.78 is 6.51. The van der Waals surface area contributed by atoms with E-state index in [-0.39, 0.29) is 0 Å². The highest BCUT2D eigenvalue weighted by molar-refractivity contribution is 6.24. The van der Waals surface area contributed by atoms with Gasteiger partial charge in [0.2, 0.25) is 0 Å². The first-order valence-electron chi connectivity index (χ1n) is 13.8. The number of nitrogens with zero attached hydrogens (tertiary/aromatic N) is 1. The molecular weight excluding hydrogens is 486 g/mol. The number of hydrogen-bond acceptors (Lipinski definition) is 2. The minimum atomic E-state index is 0.948. The molecule has 2 nitrogen and oxygen atoms in total. The second-order valence-electron chi connectivity index (χ2n) is 11.0. The molecule has 0 amide bonds. The Kier molecular flexibility index (Phi) is 4.90. The number of aromatic nitrogens is 1. The van der Waals surface area contributed by atoms with Gasteiger partial charge >= 0.3 is 0 Å². The van der Waals surface area contributed by atoms with E-state index in [4.69, 9.17) is 9.40 Å². The molecule has 0 aliphatic carbocycles. The van der Waals surface area contributed by atoms with Crippen molar-refractivity contribution in [3.05, 3.63) is 126 Å². The Labute approximate surface area is 232 Å². The van der Waals surface area contributed by atoms with Crippen molar-refractivity contribution >= 4 is 54.4 Å². The summed E-state index contributed by atoms with van der Waals surface area (Å²) in [4.78, 5) is 5.22. The normalized spacial score (nSPS) is 11.9. The predicted molar refractivity (Wildman–Crippen MR) is 169 cm³/mol. The van der Waals surface area contributed by atoms with Gasteiger partial charge in [0.05, 0.1) is 11.2 Å². The number of fused-ring (bicyclic) bond motifs is 9. The van der Waals surface area contributed by atoms with Crippen LogP contribution in [0.2, 0.25) is 0 Å². The summed E-state index contributed by atoms with van der Waals surface area (Å²) in [6.07, 6.45) is 0. The van der Waals surface area contributed by atoms with Crippen LogP contribution in [-0.4, -0.2) is 4.98 Å². The maximum atomic E-state index is 6.51. The number of rotatable bonds is 2. The first-order chi connectivity index (χ1) is 19.5. The SMILES string of the molecule is Cc1cc(C)c2oc3c(-c4ccc(-c5ccc6c7ccccc7c7ccccc7c6n5)cc4)cc(C)cc3c2c1. The number of aryl methyl sites for hydroxylation is 3. The summed E-state index contributed by atoms with van der Waals surface area (Å²) in [7, 11) is 0. The van der Waals surface area contributed by atoms with Gasteiger partial charge in [-0.15, -0.1) is 0 Å². The molecule has 0 saturated carbocycles. The first-order valence-corrected chi connectivity index (χ1v) is 13.8. The quantitative estimate of drug-likeness (QED) is 0.215. The Hall–Kier alpha value is -4.95. The summed E-state index contributed by atoms with van der Waals surface area (Å²) in [5, 5.41) is 8.49. The third-order valence-electron chi connectivity index (χ3n) is 8.22. The third kappa shape index (κ3) is 3.39. The number of furan rings is 1. The molecule has 0 N–H and O–H groups in total. The lowest BCUT2D eigenvalue weighted by atomic mass is 9.96. The molecule has 0 spiro atoms. The standard InChI is InChI=1S/C38H27NO/c1-22-18-24(3)37-33(20-22)34-21-23(2)19-32(38(34)40-37)25-12-14-26(15-13-25)35-17-16-31-29-10-5-4-8-27(29)28-9-6-7-11-30(28)36(31)39-35/h4-21H,1-3H3. The molecule has 0 atom stereocenters. The molecule has 0 saturated heterocycles. The van der Waals surface area contributed by atoms with Gasteiger partial charge in [-0.25, -0.2) is 4.98 Å². The van der Waals surface area contributed by atoms with Crippen LogP contribution in [0.15, 0.2) is 114 Å². The van der Waals surface area contributed by atoms with Crippen LogP contribution >= 0.6 is 0 Å². The molecule has 40 heavy (non-hydrogen) atoms. The van der Waals surface area contributed by atoms with Crippen molar-refractivity contribution in [3.63, 3.8) is 0 Å². The average Bonchev–Trinajstić information content (AvgIpc) is 3.35. The van der Waals surface area contributed by atoms with Gasteiger partial charge < -0.3 is 4.42 Å². The van der Waals surface area contributed by atoms with E-state index in [0.29, 0.717) is 0 Å². The molecule has 8 rings (SSSR count). The van der Waals surface area contributed by atoms with Gasteiger partial charge in [-0.05, 0) is 89.5 Å². The maximum absolute atomic E-state index is 6.51. The topological polar surface area (TPSA) is 26.0 Å². The second kappa shape index (κ2) is 8.53. The molecule has 6 aromatic carbocycles. The molecular formula is C38H27NO. The monoisotopic (exact) mass is 513 g/mol. The Bertz CT molecular complexity index is 2250. The predicted octanol–water partition coefficient (Wildman–Crippen LogP) is 10.7. The molecule has 190 valence electrons. The van der Waals surface area contributed by atoms with Gasteiger partial charge in [0, 0.05) is 32.7 Å². The fourth-order valence-electron chi connectivity index (χ4n) is 6.43. The van der Waals surface area contributed by atoms with Gasteiger partial charge in [0.1, 0.15) is 11.2 Å². The van der Waals surface area contributed by atoms with E-state index in [2.05, 4.69) is 130 Å². The zero-order valence-electron chi connectivity index (χ0n) is 22.7. The van der Waals surface area contributed by atoms with Crippen molar-refractivity contribution in [1.29, 1.82) is 0 Å². The van der Waals surface area contributed by atoms with E-state index in [1.54, 1.807) is 0 Å². The molecule has 0 aliphatic heterocycles. The summed E-state index contributed by atoms with van der Waals surface area (Å²) in [6.45, 7) is 6.43. The summed E-state index contributed by atoms with van der Waals surface area (Å²) in [5.74, 6) is 0. The van der Waals surface area contributed by atoms with Gasteiger partial charge in [-0.3, -0.25) is 0 Å². The Balaban J connectivity index is 1.28. The van der Waals surface area contributed by atoms with Crippen LogP contribution in [0.25, 0.3) is 76.8 Å². The van der Waals surface area contributed by atoms with Crippen LogP contribution in [0.4, 0.5) is 0 Å². The van der Waals surface area contributed by atoms with E-state index < -0.39 is 0 Å². The van der Waals surface area contributed by atoms with E-state index >= 15 is 0 Å². The lowest BCUT2D eigenvalue weighted by Gasteiger charge is -2.11. The fourth-order valence-corrected chi connectivity index (χ4v) is 6.43. The molecule has 0 bridgehead atoms. The summed E-state index contributed by atoms with van der Waals surface area (Å²) >= 11 is 0. The average molecular weight is 514 g/mol. The van der Waals surface area contributed by atoms with Crippen LogP contribution in [0.3, 0.4) is 0 Å². The van der Waals surface area contributed by atoms with E-state index in [9.17, 15) is 0 Å². The highest BCUT2D eigenvalue weighted by atomic mass is 16.3. The number of hydrogen-bond donors (Lipinski definition) is 0. The molecule has 2 aromatic heterocycles. The molecule has 0 radical (unpaired) electrons. The van der Waals surface area contributed by atoms with Crippen molar-refractivity contribution in [2.45, 2.75) is 20.8 Å². The Morgan fingerprint density at radius 1 is 0.475 bits per heavy atom. The Morgan fingerprint density at radius 3 is 1.73 bits per heavy atom. The van der Waals surface area contributed by atoms with E-state index in [1.165, 1.54) is 54.4 Å². The second-order valence-corrected chi connectivity index (χ2v) is 11.0. The van der Waals surface area contributed by atoms with Crippen LogP contribution in [0.5, 0.6) is 0 Å². The van der Waals surface area contributed by atoms with Gasteiger partial charge in [0.15, 0.2) is 0 Å². The Morgan fingerprint density at radius 2 is 1.02 bits per heavy atom. The van der Waals surface area contributed by atoms with Gasteiger partial charge in [-0.1, -0.05) is 78.9 Å². The zero-order chi connectivity index (χ0) is 27.0. The van der Waals surface area contributed by atoms with Crippen molar-refractivity contribution in [1.82, 2.24) is 4.98 Å². The van der Waals surface area contributed by atoms with Gasteiger partial charge in [-0.2, -0.15) is 0 Å². The molecule has 2 heterocycles. The van der Waals surface area contributed by atoms with Crippen molar-refractivity contribution in [2.75, 3.05) is 0 Å². The van der Waals surface area contributed by atoms with Crippen LogP contribution in [0.1, 0.15) is 16.7 Å². The van der Waals surface area contributed by atoms with E-state index in [0.717, 1.165) is 39.1 Å². The van der Waals surface area contributed by atoms with Crippen molar-refractivity contribution in [3.8, 4) is 22.4 Å². The highest BCUT2D eigenvalue weighted by Gasteiger charge is 2.16. The lowest BCUT2D eigenvalue weighted by molar-refractivity contribution is 0.666. The first kappa shape index (κ1) is 23.0. The van der Waals surface area contributed by atoms with Gasteiger partial charge in [0.25, 0.3) is 0 Å². The molecule has 0 fully saturated rings. The number of pyridine rings is 1. The number of benzene rings is 6. The largest absolute Gasteiger partial charge is 0.455 e. The summed E-state index contributed by atoms with van der Waals surface area (Å²) in [5.41, 5.74) is 11.0. The zero-order valence-corrected chi connectivity index (χ0v) is 22.7. The minimum Gasteiger partial charge on any atom is -0.455 e. The molecule has 0 unspecified atom stereocenters. The fraction of sp³-hybridized carbons (Fsp3) is 0.0789. The van der Waals surface area contributed by atoms with E-state index in [1.807, 2.05) is 0 Å². The third-order valence-corrected chi connectivity index (χ3v) is 8.22. The minimum absolute atomic E-state index is 0.948. The molecule has 0 aliphatic rings. The molecule has 2 heteroatoms. The van der Waals surface area contributed by atoms with Crippen molar-refractivity contribution in [2.24, 2.45) is 0 Å². The van der Waals surface area contributed by atoms with Crippen LogP contribution in [0, 0.1) is 20.8 Å². The summed E-state index contributed by atoms with van der Waals surface area (Å²) in [6, 6.07) is 39.2.